The van der Waals surface area contributed by atoms with Gasteiger partial charge in [-0.1, -0.05) is 72.8 Å². The zero-order valence-electron chi connectivity index (χ0n) is 15.8. The third-order valence-corrected chi connectivity index (χ3v) is 4.70. The maximum absolute atomic E-state index is 3.52. The predicted octanol–water partition coefficient (Wildman–Crippen LogP) is 6.58. The maximum Gasteiger partial charge on any atom is 0.0401 e. The zero-order valence-corrected chi connectivity index (χ0v) is 15.8. The second-order valence-corrected chi connectivity index (χ2v) is 6.84. The molecule has 138 valence electrons. The number of hydrogen-bond donors (Lipinski definition) is 2. The monoisotopic (exact) mass is 364 g/mol. The summed E-state index contributed by atoms with van der Waals surface area (Å²) in [5, 5.41) is 7.04. The lowest BCUT2D eigenvalue weighted by molar-refractivity contribution is 1.10. The molecule has 0 radical (unpaired) electrons. The van der Waals surface area contributed by atoms with Crippen LogP contribution in [0.5, 0.6) is 0 Å². The Morgan fingerprint density at radius 2 is 0.857 bits per heavy atom. The Kier molecular flexibility index (Phi) is 5.69. The zero-order chi connectivity index (χ0) is 19.0. The van der Waals surface area contributed by atoms with Crippen LogP contribution in [0.1, 0.15) is 11.1 Å². The molecular formula is C26H24N2. The van der Waals surface area contributed by atoms with E-state index in [0.717, 1.165) is 24.5 Å². The summed E-state index contributed by atoms with van der Waals surface area (Å²) >= 11 is 0. The van der Waals surface area contributed by atoms with Crippen molar-refractivity contribution >= 4 is 11.4 Å². The van der Waals surface area contributed by atoms with E-state index < -0.39 is 0 Å². The molecule has 0 unspecified atom stereocenters. The summed E-state index contributed by atoms with van der Waals surface area (Å²) < 4.78 is 0. The van der Waals surface area contributed by atoms with Gasteiger partial charge in [0, 0.05) is 24.5 Å². The summed E-state index contributed by atoms with van der Waals surface area (Å²) in [4.78, 5) is 0. The van der Waals surface area contributed by atoms with Crippen LogP contribution < -0.4 is 10.6 Å². The average molecular weight is 364 g/mol. The Balaban J connectivity index is 1.57. The molecule has 2 heteroatoms. The van der Waals surface area contributed by atoms with E-state index in [-0.39, 0.29) is 0 Å². The van der Waals surface area contributed by atoms with Gasteiger partial charge in [-0.05, 0) is 58.7 Å². The van der Waals surface area contributed by atoms with Crippen LogP contribution in [0.3, 0.4) is 0 Å². The van der Waals surface area contributed by atoms with E-state index in [1.165, 1.54) is 22.3 Å². The molecular weight excluding hydrogens is 340 g/mol. The molecule has 0 aliphatic carbocycles. The molecule has 0 saturated carbocycles. The van der Waals surface area contributed by atoms with E-state index in [4.69, 9.17) is 0 Å². The fraction of sp³-hybridized carbons (Fsp3) is 0.0769. The van der Waals surface area contributed by atoms with Gasteiger partial charge in [-0.2, -0.15) is 0 Å². The van der Waals surface area contributed by atoms with Crippen LogP contribution in [0.2, 0.25) is 0 Å². The topological polar surface area (TPSA) is 24.1 Å². The van der Waals surface area contributed by atoms with E-state index in [1.807, 2.05) is 12.1 Å². The summed E-state index contributed by atoms with van der Waals surface area (Å²) in [6, 6.07) is 38.1. The fourth-order valence-electron chi connectivity index (χ4n) is 3.28. The average Bonchev–Trinajstić information content (AvgIpc) is 2.78. The highest BCUT2D eigenvalue weighted by Gasteiger charge is 2.04. The molecule has 0 bridgehead atoms. The first-order valence-corrected chi connectivity index (χ1v) is 9.63. The second-order valence-electron chi connectivity index (χ2n) is 6.84. The van der Waals surface area contributed by atoms with E-state index in [2.05, 4.69) is 108 Å². The number of para-hydroxylation sites is 2. The summed E-state index contributed by atoms with van der Waals surface area (Å²) in [6.45, 7) is 1.59. The Bertz CT molecular complexity index is 935. The molecule has 0 atom stereocenters. The first-order valence-electron chi connectivity index (χ1n) is 9.63. The van der Waals surface area contributed by atoms with Crippen LogP contribution in [0.25, 0.3) is 11.1 Å². The second kappa shape index (κ2) is 8.92. The van der Waals surface area contributed by atoms with Crippen molar-refractivity contribution in [2.45, 2.75) is 13.1 Å². The lowest BCUT2D eigenvalue weighted by Crippen LogP contribution is -2.03. The summed E-state index contributed by atoms with van der Waals surface area (Å²) in [5.41, 5.74) is 7.31. The minimum atomic E-state index is 0.795. The number of benzene rings is 4. The highest BCUT2D eigenvalue weighted by atomic mass is 14.9. The highest BCUT2D eigenvalue weighted by Crippen LogP contribution is 2.24. The SMILES string of the molecule is c1ccc(NCc2cc(CNc3ccccc3)cc(-c3ccccc3)c2)cc1. The smallest absolute Gasteiger partial charge is 0.0401 e. The normalized spacial score (nSPS) is 10.4. The molecule has 0 aliphatic heterocycles. The predicted molar refractivity (Wildman–Crippen MR) is 119 cm³/mol. The van der Waals surface area contributed by atoms with Crippen LogP contribution in [0.15, 0.2) is 109 Å². The Morgan fingerprint density at radius 3 is 1.32 bits per heavy atom. The van der Waals surface area contributed by atoms with Crippen molar-refractivity contribution in [1.82, 2.24) is 0 Å². The van der Waals surface area contributed by atoms with Crippen LogP contribution in [-0.4, -0.2) is 0 Å². The van der Waals surface area contributed by atoms with Crippen LogP contribution in [-0.2, 0) is 13.1 Å². The molecule has 0 fully saturated rings. The third-order valence-electron chi connectivity index (χ3n) is 4.70. The summed E-state index contributed by atoms with van der Waals surface area (Å²) in [7, 11) is 0. The van der Waals surface area contributed by atoms with Gasteiger partial charge < -0.3 is 10.6 Å². The maximum atomic E-state index is 3.52. The summed E-state index contributed by atoms with van der Waals surface area (Å²) in [5.74, 6) is 0. The van der Waals surface area contributed by atoms with Gasteiger partial charge >= 0.3 is 0 Å². The number of anilines is 2. The Morgan fingerprint density at radius 1 is 0.429 bits per heavy atom. The van der Waals surface area contributed by atoms with Gasteiger partial charge in [0.2, 0.25) is 0 Å². The molecule has 2 nitrogen and oxygen atoms in total. The molecule has 0 saturated heterocycles. The van der Waals surface area contributed by atoms with Crippen LogP contribution in [0, 0.1) is 0 Å². The molecule has 28 heavy (non-hydrogen) atoms. The van der Waals surface area contributed by atoms with E-state index >= 15 is 0 Å². The Hall–Kier alpha value is -3.52. The summed E-state index contributed by atoms with van der Waals surface area (Å²) in [6.07, 6.45) is 0. The van der Waals surface area contributed by atoms with Crippen molar-refractivity contribution in [3.8, 4) is 11.1 Å². The van der Waals surface area contributed by atoms with Crippen molar-refractivity contribution in [3.05, 3.63) is 120 Å². The largest absolute Gasteiger partial charge is 0.381 e. The molecule has 4 aromatic rings. The first-order chi connectivity index (χ1) is 13.9. The van der Waals surface area contributed by atoms with Crippen molar-refractivity contribution in [2.24, 2.45) is 0 Å². The van der Waals surface area contributed by atoms with Crippen molar-refractivity contribution < 1.29 is 0 Å². The van der Waals surface area contributed by atoms with Gasteiger partial charge in [0.15, 0.2) is 0 Å². The van der Waals surface area contributed by atoms with Crippen LogP contribution >= 0.6 is 0 Å². The number of hydrogen-bond acceptors (Lipinski definition) is 2. The molecule has 4 aromatic carbocycles. The van der Waals surface area contributed by atoms with Crippen LogP contribution in [0.4, 0.5) is 11.4 Å². The van der Waals surface area contributed by atoms with Gasteiger partial charge in [-0.25, -0.2) is 0 Å². The van der Waals surface area contributed by atoms with E-state index in [0.29, 0.717) is 0 Å². The van der Waals surface area contributed by atoms with Crippen molar-refractivity contribution in [2.75, 3.05) is 10.6 Å². The fourth-order valence-corrected chi connectivity index (χ4v) is 3.28. The first kappa shape index (κ1) is 17.9. The molecule has 4 rings (SSSR count). The molecule has 0 spiro atoms. The van der Waals surface area contributed by atoms with Gasteiger partial charge in [0.25, 0.3) is 0 Å². The van der Waals surface area contributed by atoms with Gasteiger partial charge in [-0.15, -0.1) is 0 Å². The highest BCUT2D eigenvalue weighted by molar-refractivity contribution is 5.65. The molecule has 0 amide bonds. The quantitative estimate of drug-likeness (QED) is 0.387. The van der Waals surface area contributed by atoms with Crippen molar-refractivity contribution in [1.29, 1.82) is 0 Å². The van der Waals surface area contributed by atoms with Crippen molar-refractivity contribution in [3.63, 3.8) is 0 Å². The minimum absolute atomic E-state index is 0.795. The van der Waals surface area contributed by atoms with Gasteiger partial charge in [-0.3, -0.25) is 0 Å². The minimum Gasteiger partial charge on any atom is -0.381 e. The molecule has 0 aromatic heterocycles. The number of rotatable bonds is 7. The molecule has 0 heterocycles. The van der Waals surface area contributed by atoms with E-state index in [9.17, 15) is 0 Å². The Labute approximate surface area is 166 Å². The van der Waals surface area contributed by atoms with Gasteiger partial charge in [0.1, 0.15) is 0 Å². The van der Waals surface area contributed by atoms with Gasteiger partial charge in [0.05, 0.1) is 0 Å². The standard InChI is InChI=1S/C26H24N2/c1-4-10-23(11-5-1)24-17-21(19-27-25-12-6-2-7-13-25)16-22(18-24)20-28-26-14-8-3-9-15-26/h1-18,27-28H,19-20H2. The lowest BCUT2D eigenvalue weighted by Gasteiger charge is -2.13. The molecule has 2 N–H and O–H groups in total. The molecule has 0 aliphatic rings. The lowest BCUT2D eigenvalue weighted by atomic mass is 9.99. The van der Waals surface area contributed by atoms with E-state index in [1.54, 1.807) is 0 Å². The third kappa shape index (κ3) is 4.80. The number of nitrogens with one attached hydrogen (secondary N) is 2.